The lowest BCUT2D eigenvalue weighted by Crippen LogP contribution is -2.05. The molecule has 0 atom stereocenters. The molecule has 20 heavy (non-hydrogen) atoms. The molecule has 1 heterocycles. The van der Waals surface area contributed by atoms with Gasteiger partial charge in [-0.15, -0.1) is 0 Å². The fraction of sp³-hybridized carbons (Fsp3) is 0.200. The van der Waals surface area contributed by atoms with Crippen molar-refractivity contribution in [1.82, 2.24) is 4.98 Å². The second kappa shape index (κ2) is 6.39. The van der Waals surface area contributed by atoms with Gasteiger partial charge in [-0.05, 0) is 36.8 Å². The van der Waals surface area contributed by atoms with Crippen LogP contribution in [0.5, 0.6) is 0 Å². The molecule has 1 aromatic heterocycles. The zero-order valence-corrected chi connectivity index (χ0v) is 12.1. The molecule has 1 N–H and O–H groups in total. The van der Waals surface area contributed by atoms with Gasteiger partial charge in [0.05, 0.1) is 24.9 Å². The van der Waals surface area contributed by atoms with Gasteiger partial charge in [0.1, 0.15) is 0 Å². The number of carbonyl (C=O) groups excluding carboxylic acids is 1. The number of methoxy groups -OCH3 is 1. The Kier molecular flexibility index (Phi) is 4.58. The summed E-state index contributed by atoms with van der Waals surface area (Å²) in [4.78, 5) is 15.5. The largest absolute Gasteiger partial charge is 0.465 e. The van der Waals surface area contributed by atoms with E-state index in [9.17, 15) is 4.79 Å². The van der Waals surface area contributed by atoms with Crippen molar-refractivity contribution in [2.24, 2.45) is 0 Å². The van der Waals surface area contributed by atoms with Gasteiger partial charge in [0.2, 0.25) is 0 Å². The van der Waals surface area contributed by atoms with Gasteiger partial charge in [-0.1, -0.05) is 17.7 Å². The number of nitrogens with one attached hydrogen (secondary N) is 1. The highest BCUT2D eigenvalue weighted by Gasteiger charge is 2.05. The minimum absolute atomic E-state index is 0.386. The number of ether oxygens (including phenoxy) is 1. The lowest BCUT2D eigenvalue weighted by Gasteiger charge is -2.09. The number of benzene rings is 1. The summed E-state index contributed by atoms with van der Waals surface area (Å²) in [5.41, 5.74) is 3.35. The Balaban J connectivity index is 2.04. The SMILES string of the molecule is COC(=O)c1ccc(CNc2cc(Cl)ccc2C)nc1. The van der Waals surface area contributed by atoms with Gasteiger partial charge in [-0.2, -0.15) is 0 Å². The fourth-order valence-corrected chi connectivity index (χ4v) is 1.91. The van der Waals surface area contributed by atoms with Crippen LogP contribution in [0.2, 0.25) is 5.02 Å². The van der Waals surface area contributed by atoms with Crippen LogP contribution in [0.15, 0.2) is 36.5 Å². The van der Waals surface area contributed by atoms with Gasteiger partial charge >= 0.3 is 5.97 Å². The number of rotatable bonds is 4. The first-order valence-electron chi connectivity index (χ1n) is 6.13. The second-order valence-corrected chi connectivity index (χ2v) is 4.78. The maximum atomic E-state index is 11.3. The highest BCUT2D eigenvalue weighted by Crippen LogP contribution is 2.20. The summed E-state index contributed by atoms with van der Waals surface area (Å²) in [6.07, 6.45) is 1.51. The molecule has 0 amide bonds. The highest BCUT2D eigenvalue weighted by molar-refractivity contribution is 6.30. The molecule has 1 aromatic carbocycles. The zero-order chi connectivity index (χ0) is 14.5. The fourth-order valence-electron chi connectivity index (χ4n) is 1.74. The Morgan fingerprint density at radius 1 is 1.35 bits per heavy atom. The molecule has 0 aliphatic carbocycles. The number of pyridine rings is 1. The van der Waals surface area contributed by atoms with E-state index in [1.165, 1.54) is 13.3 Å². The number of hydrogen-bond donors (Lipinski definition) is 1. The molecule has 0 bridgehead atoms. The summed E-state index contributed by atoms with van der Waals surface area (Å²) in [5.74, 6) is -0.386. The van der Waals surface area contributed by atoms with Crippen LogP contribution < -0.4 is 5.32 Å². The van der Waals surface area contributed by atoms with Gasteiger partial charge in [-0.25, -0.2) is 4.79 Å². The topological polar surface area (TPSA) is 51.2 Å². The third kappa shape index (κ3) is 3.48. The molecule has 0 aliphatic rings. The van der Waals surface area contributed by atoms with Gasteiger partial charge in [-0.3, -0.25) is 4.98 Å². The third-order valence-corrected chi connectivity index (χ3v) is 3.14. The average molecular weight is 291 g/mol. The number of aromatic nitrogens is 1. The number of aryl methyl sites for hydroxylation is 1. The molecular weight excluding hydrogens is 276 g/mol. The minimum atomic E-state index is -0.386. The van der Waals surface area contributed by atoms with Gasteiger partial charge < -0.3 is 10.1 Å². The standard InChI is InChI=1S/C15H15ClN2O2/c1-10-3-5-12(16)7-14(10)18-9-13-6-4-11(8-17-13)15(19)20-2/h3-8,18H,9H2,1-2H3. The second-order valence-electron chi connectivity index (χ2n) is 4.34. The summed E-state index contributed by atoms with van der Waals surface area (Å²) >= 11 is 5.96. The lowest BCUT2D eigenvalue weighted by atomic mass is 10.2. The first-order chi connectivity index (χ1) is 9.60. The molecule has 2 rings (SSSR count). The summed E-state index contributed by atoms with van der Waals surface area (Å²) < 4.78 is 4.63. The van der Waals surface area contributed by atoms with Crippen molar-refractivity contribution in [3.8, 4) is 0 Å². The van der Waals surface area contributed by atoms with E-state index < -0.39 is 0 Å². The molecule has 0 saturated carbocycles. The Bertz CT molecular complexity index is 612. The van der Waals surface area contributed by atoms with Gasteiger partial charge in [0.25, 0.3) is 0 Å². The summed E-state index contributed by atoms with van der Waals surface area (Å²) in [6.45, 7) is 2.56. The number of carbonyl (C=O) groups is 1. The van der Waals surface area contributed by atoms with Crippen molar-refractivity contribution >= 4 is 23.3 Å². The van der Waals surface area contributed by atoms with E-state index in [0.29, 0.717) is 17.1 Å². The minimum Gasteiger partial charge on any atom is -0.465 e. The molecular formula is C15H15ClN2O2. The predicted octanol–water partition coefficient (Wildman–Crippen LogP) is 3.44. The van der Waals surface area contributed by atoms with Crippen molar-refractivity contribution in [2.45, 2.75) is 13.5 Å². The van der Waals surface area contributed by atoms with Crippen LogP contribution in [-0.2, 0) is 11.3 Å². The summed E-state index contributed by atoms with van der Waals surface area (Å²) in [5, 5.41) is 3.96. The number of nitrogens with zero attached hydrogens (tertiary/aromatic N) is 1. The Labute approximate surface area is 122 Å². The van der Waals surface area contributed by atoms with E-state index in [2.05, 4.69) is 15.0 Å². The lowest BCUT2D eigenvalue weighted by molar-refractivity contribution is 0.0600. The van der Waals surface area contributed by atoms with E-state index in [1.54, 1.807) is 12.1 Å². The molecule has 2 aromatic rings. The quantitative estimate of drug-likeness (QED) is 0.876. The van der Waals surface area contributed by atoms with Crippen LogP contribution in [-0.4, -0.2) is 18.1 Å². The van der Waals surface area contributed by atoms with Crippen molar-refractivity contribution in [1.29, 1.82) is 0 Å². The Morgan fingerprint density at radius 3 is 2.80 bits per heavy atom. The molecule has 4 nitrogen and oxygen atoms in total. The van der Waals surface area contributed by atoms with Crippen LogP contribution in [0.25, 0.3) is 0 Å². The van der Waals surface area contributed by atoms with E-state index in [-0.39, 0.29) is 5.97 Å². The Hall–Kier alpha value is -2.07. The smallest absolute Gasteiger partial charge is 0.339 e. The molecule has 0 saturated heterocycles. The molecule has 0 radical (unpaired) electrons. The third-order valence-electron chi connectivity index (χ3n) is 2.91. The highest BCUT2D eigenvalue weighted by atomic mass is 35.5. The van der Waals surface area contributed by atoms with Gasteiger partial charge in [0, 0.05) is 16.9 Å². The van der Waals surface area contributed by atoms with Crippen molar-refractivity contribution in [3.05, 3.63) is 58.4 Å². The van der Waals surface area contributed by atoms with Crippen LogP contribution in [0, 0.1) is 6.92 Å². The molecule has 0 spiro atoms. The first kappa shape index (κ1) is 14.3. The first-order valence-corrected chi connectivity index (χ1v) is 6.51. The average Bonchev–Trinajstić information content (AvgIpc) is 2.48. The summed E-state index contributed by atoms with van der Waals surface area (Å²) in [7, 11) is 1.35. The molecule has 0 fully saturated rings. The zero-order valence-electron chi connectivity index (χ0n) is 11.3. The molecule has 0 unspecified atom stereocenters. The monoisotopic (exact) mass is 290 g/mol. The normalized spacial score (nSPS) is 10.2. The number of anilines is 1. The molecule has 104 valence electrons. The van der Waals surface area contributed by atoms with E-state index in [4.69, 9.17) is 11.6 Å². The van der Waals surface area contributed by atoms with E-state index >= 15 is 0 Å². The molecule has 0 aliphatic heterocycles. The number of esters is 1. The van der Waals surface area contributed by atoms with Crippen LogP contribution in [0.4, 0.5) is 5.69 Å². The summed E-state index contributed by atoms with van der Waals surface area (Å²) in [6, 6.07) is 9.17. The predicted molar refractivity (Wildman–Crippen MR) is 79.1 cm³/mol. The molecule has 5 heteroatoms. The van der Waals surface area contributed by atoms with Gasteiger partial charge in [0.15, 0.2) is 0 Å². The van der Waals surface area contributed by atoms with E-state index in [0.717, 1.165) is 16.9 Å². The van der Waals surface area contributed by atoms with Crippen molar-refractivity contribution in [2.75, 3.05) is 12.4 Å². The van der Waals surface area contributed by atoms with Crippen molar-refractivity contribution < 1.29 is 9.53 Å². The van der Waals surface area contributed by atoms with Crippen LogP contribution in [0.3, 0.4) is 0 Å². The van der Waals surface area contributed by atoms with E-state index in [1.807, 2.05) is 25.1 Å². The Morgan fingerprint density at radius 2 is 2.15 bits per heavy atom. The van der Waals surface area contributed by atoms with Crippen LogP contribution >= 0.6 is 11.6 Å². The number of halogens is 1. The van der Waals surface area contributed by atoms with Crippen molar-refractivity contribution in [3.63, 3.8) is 0 Å². The number of hydrogen-bond acceptors (Lipinski definition) is 4. The maximum absolute atomic E-state index is 11.3. The van der Waals surface area contributed by atoms with Crippen LogP contribution in [0.1, 0.15) is 21.6 Å². The maximum Gasteiger partial charge on any atom is 0.339 e.